The van der Waals surface area contributed by atoms with Crippen molar-refractivity contribution >= 4 is 5.97 Å². The summed E-state index contributed by atoms with van der Waals surface area (Å²) in [5.41, 5.74) is 1.34. The van der Waals surface area contributed by atoms with Crippen molar-refractivity contribution in [3.63, 3.8) is 0 Å². The Morgan fingerprint density at radius 2 is 1.83 bits per heavy atom. The Labute approximate surface area is 110 Å². The van der Waals surface area contributed by atoms with Gasteiger partial charge in [0, 0.05) is 0 Å². The molecule has 0 saturated heterocycles. The maximum absolute atomic E-state index is 11.1. The highest BCUT2D eigenvalue weighted by atomic mass is 16.4. The minimum Gasteiger partial charge on any atom is -0.481 e. The number of carboxylic acid groups (broad SMARTS) is 1. The highest BCUT2D eigenvalue weighted by Gasteiger charge is 2.17. The van der Waals surface area contributed by atoms with Crippen molar-refractivity contribution < 1.29 is 9.90 Å². The first-order chi connectivity index (χ1) is 8.59. The molecule has 0 aliphatic carbocycles. The third-order valence-electron chi connectivity index (χ3n) is 3.22. The van der Waals surface area contributed by atoms with E-state index in [1.165, 1.54) is 5.56 Å². The van der Waals surface area contributed by atoms with Gasteiger partial charge >= 0.3 is 5.97 Å². The summed E-state index contributed by atoms with van der Waals surface area (Å²) >= 11 is 0. The minimum atomic E-state index is -0.636. The monoisotopic (exact) mass is 248 g/mol. The Balaban J connectivity index is 2.25. The summed E-state index contributed by atoms with van der Waals surface area (Å²) in [6.45, 7) is 4.17. The van der Waals surface area contributed by atoms with Crippen LogP contribution >= 0.6 is 0 Å². The number of aliphatic carboxylic acids is 1. The molecule has 1 atom stereocenters. The van der Waals surface area contributed by atoms with Crippen LogP contribution in [0.4, 0.5) is 0 Å². The molecule has 2 nitrogen and oxygen atoms in total. The van der Waals surface area contributed by atoms with E-state index in [1.54, 1.807) is 0 Å². The third-order valence-corrected chi connectivity index (χ3v) is 3.22. The van der Waals surface area contributed by atoms with Crippen molar-refractivity contribution in [2.24, 2.45) is 11.8 Å². The topological polar surface area (TPSA) is 37.3 Å². The Morgan fingerprint density at radius 1 is 1.17 bits per heavy atom. The van der Waals surface area contributed by atoms with E-state index in [0.717, 1.165) is 32.1 Å². The molecule has 0 aliphatic rings. The molecule has 0 radical (unpaired) electrons. The lowest BCUT2D eigenvalue weighted by Gasteiger charge is -2.14. The third kappa shape index (κ3) is 5.85. The van der Waals surface area contributed by atoms with Crippen LogP contribution in [0.15, 0.2) is 30.3 Å². The predicted octanol–water partition coefficient (Wildman–Crippen LogP) is 4.15. The standard InChI is InChI=1S/C16H24O2/c1-13(2)12-15(16(17)18)11-7-6-10-14-8-4-3-5-9-14/h3-5,8-9,13,15H,6-7,10-12H2,1-2H3,(H,17,18). The highest BCUT2D eigenvalue weighted by molar-refractivity contribution is 5.69. The molecule has 100 valence electrons. The Morgan fingerprint density at radius 3 is 2.39 bits per heavy atom. The summed E-state index contributed by atoms with van der Waals surface area (Å²) in [6, 6.07) is 10.4. The minimum absolute atomic E-state index is 0.166. The van der Waals surface area contributed by atoms with Crippen LogP contribution in [0.3, 0.4) is 0 Å². The average molecular weight is 248 g/mol. The summed E-state index contributed by atoms with van der Waals surface area (Å²) in [5, 5.41) is 9.14. The number of benzene rings is 1. The zero-order valence-electron chi connectivity index (χ0n) is 11.4. The van der Waals surface area contributed by atoms with Crippen LogP contribution in [0.25, 0.3) is 0 Å². The maximum Gasteiger partial charge on any atom is 0.306 e. The Hall–Kier alpha value is -1.31. The van der Waals surface area contributed by atoms with Gasteiger partial charge in [-0.25, -0.2) is 0 Å². The Bertz CT molecular complexity index is 343. The fourth-order valence-electron chi connectivity index (χ4n) is 2.28. The molecule has 0 heterocycles. The molecule has 1 aromatic carbocycles. The molecule has 1 unspecified atom stereocenters. The number of hydrogen-bond donors (Lipinski definition) is 1. The molecule has 18 heavy (non-hydrogen) atoms. The van der Waals surface area contributed by atoms with Gasteiger partial charge in [0.15, 0.2) is 0 Å². The number of carbonyl (C=O) groups is 1. The van der Waals surface area contributed by atoms with Crippen molar-refractivity contribution in [1.29, 1.82) is 0 Å². The normalized spacial score (nSPS) is 12.6. The number of aryl methyl sites for hydroxylation is 1. The lowest BCUT2D eigenvalue weighted by molar-refractivity contribution is -0.142. The van der Waals surface area contributed by atoms with Crippen LogP contribution in [0.2, 0.25) is 0 Å². The molecule has 1 aromatic rings. The van der Waals surface area contributed by atoms with Gasteiger partial charge in [0.25, 0.3) is 0 Å². The number of carboxylic acids is 1. The van der Waals surface area contributed by atoms with E-state index in [1.807, 2.05) is 18.2 Å². The molecule has 0 amide bonds. The largest absolute Gasteiger partial charge is 0.481 e. The molecule has 2 heteroatoms. The molecular weight excluding hydrogens is 224 g/mol. The van der Waals surface area contributed by atoms with E-state index >= 15 is 0 Å². The molecule has 0 aliphatic heterocycles. The van der Waals surface area contributed by atoms with E-state index in [4.69, 9.17) is 5.11 Å². The maximum atomic E-state index is 11.1. The first-order valence-corrected chi connectivity index (χ1v) is 6.86. The van der Waals surface area contributed by atoms with E-state index in [2.05, 4.69) is 26.0 Å². The van der Waals surface area contributed by atoms with Crippen LogP contribution in [0.5, 0.6) is 0 Å². The number of hydrogen-bond acceptors (Lipinski definition) is 1. The second-order valence-corrected chi connectivity index (χ2v) is 5.40. The molecular formula is C16H24O2. The van der Waals surface area contributed by atoms with E-state index in [9.17, 15) is 4.79 Å². The lowest BCUT2D eigenvalue weighted by atomic mass is 9.92. The van der Waals surface area contributed by atoms with Crippen molar-refractivity contribution in [3.8, 4) is 0 Å². The number of rotatable bonds is 8. The molecule has 0 bridgehead atoms. The average Bonchev–Trinajstić information content (AvgIpc) is 2.33. The first-order valence-electron chi connectivity index (χ1n) is 6.86. The van der Waals surface area contributed by atoms with Crippen molar-refractivity contribution in [2.75, 3.05) is 0 Å². The van der Waals surface area contributed by atoms with Gasteiger partial charge in [-0.3, -0.25) is 4.79 Å². The van der Waals surface area contributed by atoms with Gasteiger partial charge in [-0.05, 0) is 37.2 Å². The fourth-order valence-corrected chi connectivity index (χ4v) is 2.28. The van der Waals surface area contributed by atoms with Gasteiger partial charge in [0.2, 0.25) is 0 Å². The van der Waals surface area contributed by atoms with Crippen molar-refractivity contribution in [2.45, 2.75) is 46.0 Å². The van der Waals surface area contributed by atoms with E-state index in [-0.39, 0.29) is 5.92 Å². The van der Waals surface area contributed by atoms with Crippen LogP contribution in [0, 0.1) is 11.8 Å². The summed E-state index contributed by atoms with van der Waals surface area (Å²) in [5.74, 6) is -0.343. The van der Waals surface area contributed by atoms with Gasteiger partial charge in [-0.15, -0.1) is 0 Å². The molecule has 0 aromatic heterocycles. The predicted molar refractivity (Wildman–Crippen MR) is 74.6 cm³/mol. The van der Waals surface area contributed by atoms with Crippen LogP contribution in [-0.4, -0.2) is 11.1 Å². The molecule has 1 N–H and O–H groups in total. The summed E-state index contributed by atoms with van der Waals surface area (Å²) < 4.78 is 0. The van der Waals surface area contributed by atoms with Crippen molar-refractivity contribution in [1.82, 2.24) is 0 Å². The molecule has 0 saturated carbocycles. The SMILES string of the molecule is CC(C)CC(CCCCc1ccccc1)C(=O)O. The summed E-state index contributed by atoms with van der Waals surface area (Å²) in [7, 11) is 0. The van der Waals surface area contributed by atoms with Crippen molar-refractivity contribution in [3.05, 3.63) is 35.9 Å². The van der Waals surface area contributed by atoms with Crippen LogP contribution in [-0.2, 0) is 11.2 Å². The van der Waals surface area contributed by atoms with Gasteiger partial charge in [0.1, 0.15) is 0 Å². The molecule has 0 spiro atoms. The van der Waals surface area contributed by atoms with E-state index in [0.29, 0.717) is 5.92 Å². The smallest absolute Gasteiger partial charge is 0.306 e. The summed E-state index contributed by atoms with van der Waals surface area (Å²) in [4.78, 5) is 11.1. The van der Waals surface area contributed by atoms with Gasteiger partial charge < -0.3 is 5.11 Å². The van der Waals surface area contributed by atoms with Crippen LogP contribution in [0.1, 0.15) is 45.1 Å². The number of unbranched alkanes of at least 4 members (excludes halogenated alkanes) is 1. The fraction of sp³-hybridized carbons (Fsp3) is 0.562. The first kappa shape index (κ1) is 14.7. The van der Waals surface area contributed by atoms with Gasteiger partial charge in [0.05, 0.1) is 5.92 Å². The van der Waals surface area contributed by atoms with Gasteiger partial charge in [-0.1, -0.05) is 50.6 Å². The second kappa shape index (κ2) is 7.91. The Kier molecular flexibility index (Phi) is 6.48. The quantitative estimate of drug-likeness (QED) is 0.702. The lowest BCUT2D eigenvalue weighted by Crippen LogP contribution is -2.16. The molecule has 1 rings (SSSR count). The summed E-state index contributed by atoms with van der Waals surface area (Å²) in [6.07, 6.45) is 4.72. The zero-order chi connectivity index (χ0) is 13.4. The second-order valence-electron chi connectivity index (χ2n) is 5.40. The van der Waals surface area contributed by atoms with E-state index < -0.39 is 5.97 Å². The van der Waals surface area contributed by atoms with Gasteiger partial charge in [-0.2, -0.15) is 0 Å². The highest BCUT2D eigenvalue weighted by Crippen LogP contribution is 2.19. The van der Waals surface area contributed by atoms with Crippen LogP contribution < -0.4 is 0 Å². The molecule has 0 fully saturated rings. The zero-order valence-corrected chi connectivity index (χ0v) is 11.4.